The molecular formula is C17H17N3O2. The predicted molar refractivity (Wildman–Crippen MR) is 84.4 cm³/mol. The predicted octanol–water partition coefficient (Wildman–Crippen LogP) is 3.64. The molecule has 0 radical (unpaired) electrons. The second-order valence-corrected chi connectivity index (χ2v) is 5.19. The molecule has 0 fully saturated rings. The summed E-state index contributed by atoms with van der Waals surface area (Å²) in [5.74, 6) is 1.27. The van der Waals surface area contributed by atoms with E-state index >= 15 is 0 Å². The number of hydrogen-bond acceptors (Lipinski definition) is 3. The molecular weight excluding hydrogens is 278 g/mol. The van der Waals surface area contributed by atoms with E-state index in [0.29, 0.717) is 11.3 Å². The van der Waals surface area contributed by atoms with Crippen LogP contribution < -0.4 is 5.32 Å². The summed E-state index contributed by atoms with van der Waals surface area (Å²) in [7, 11) is 0. The molecule has 0 aliphatic rings. The van der Waals surface area contributed by atoms with Crippen molar-refractivity contribution in [3.05, 3.63) is 65.6 Å². The van der Waals surface area contributed by atoms with Gasteiger partial charge in [0.15, 0.2) is 0 Å². The van der Waals surface area contributed by atoms with Gasteiger partial charge in [0.05, 0.1) is 11.9 Å². The monoisotopic (exact) mass is 295 g/mol. The van der Waals surface area contributed by atoms with Crippen molar-refractivity contribution in [1.29, 1.82) is 0 Å². The Hall–Kier alpha value is -2.82. The number of anilines is 1. The van der Waals surface area contributed by atoms with Crippen molar-refractivity contribution in [2.45, 2.75) is 20.8 Å². The fourth-order valence-electron chi connectivity index (χ4n) is 2.45. The highest BCUT2D eigenvalue weighted by Crippen LogP contribution is 2.22. The molecule has 5 nitrogen and oxygen atoms in total. The summed E-state index contributed by atoms with van der Waals surface area (Å²) in [5, 5.41) is 2.90. The van der Waals surface area contributed by atoms with Crippen molar-refractivity contribution in [3.63, 3.8) is 0 Å². The van der Waals surface area contributed by atoms with E-state index in [-0.39, 0.29) is 5.91 Å². The molecule has 0 saturated carbocycles. The molecule has 1 amide bonds. The lowest BCUT2D eigenvalue weighted by molar-refractivity contribution is 0.102. The summed E-state index contributed by atoms with van der Waals surface area (Å²) < 4.78 is 7.40. The topological polar surface area (TPSA) is 60.1 Å². The molecule has 1 aromatic carbocycles. The van der Waals surface area contributed by atoms with Gasteiger partial charge in [-0.15, -0.1) is 0 Å². The van der Waals surface area contributed by atoms with Crippen LogP contribution in [0, 0.1) is 20.8 Å². The first-order chi connectivity index (χ1) is 10.6. The van der Waals surface area contributed by atoms with Crippen LogP contribution in [0.4, 0.5) is 5.69 Å². The lowest BCUT2D eigenvalue weighted by Crippen LogP contribution is -2.13. The average Bonchev–Trinajstić information content (AvgIpc) is 3.09. The summed E-state index contributed by atoms with van der Waals surface area (Å²) in [5.41, 5.74) is 3.22. The van der Waals surface area contributed by atoms with Crippen LogP contribution in [-0.2, 0) is 0 Å². The minimum atomic E-state index is -0.151. The highest BCUT2D eigenvalue weighted by molar-refractivity contribution is 6.06. The first-order valence-corrected chi connectivity index (χ1v) is 7.02. The standard InChI is InChI=1S/C17H17N3O2/c1-11-12(2)22-13(3)16(11)17(21)19-14-4-6-15(7-5-14)20-9-8-18-10-20/h4-10H,1-3H3,(H,19,21). The third-order valence-electron chi connectivity index (χ3n) is 3.72. The normalized spacial score (nSPS) is 10.7. The number of furan rings is 1. The first kappa shape index (κ1) is 14.1. The molecule has 0 aliphatic heterocycles. The summed E-state index contributed by atoms with van der Waals surface area (Å²) >= 11 is 0. The number of nitrogens with one attached hydrogen (secondary N) is 1. The van der Waals surface area contributed by atoms with E-state index in [9.17, 15) is 4.79 Å². The molecule has 0 atom stereocenters. The summed E-state index contributed by atoms with van der Waals surface area (Å²) in [6, 6.07) is 7.59. The molecule has 3 aromatic rings. The Morgan fingerprint density at radius 2 is 1.86 bits per heavy atom. The summed E-state index contributed by atoms with van der Waals surface area (Å²) in [6.45, 7) is 5.55. The van der Waals surface area contributed by atoms with Crippen molar-refractivity contribution in [1.82, 2.24) is 9.55 Å². The SMILES string of the molecule is Cc1oc(C)c(C(=O)Nc2ccc(-n3ccnc3)cc2)c1C. The highest BCUT2D eigenvalue weighted by Gasteiger charge is 2.18. The Bertz CT molecular complexity index is 799. The number of imidazole rings is 1. The lowest BCUT2D eigenvalue weighted by atomic mass is 10.1. The number of aryl methyl sites for hydroxylation is 2. The van der Waals surface area contributed by atoms with Crippen molar-refractivity contribution in [2.24, 2.45) is 0 Å². The van der Waals surface area contributed by atoms with Crippen molar-refractivity contribution >= 4 is 11.6 Å². The molecule has 1 N–H and O–H groups in total. The number of aromatic nitrogens is 2. The average molecular weight is 295 g/mol. The summed E-state index contributed by atoms with van der Waals surface area (Å²) in [4.78, 5) is 16.4. The number of rotatable bonds is 3. The number of hydrogen-bond donors (Lipinski definition) is 1. The van der Waals surface area contributed by atoms with Crippen LogP contribution in [0.5, 0.6) is 0 Å². The van der Waals surface area contributed by atoms with E-state index in [4.69, 9.17) is 4.42 Å². The van der Waals surface area contributed by atoms with Gasteiger partial charge in [-0.05, 0) is 45.0 Å². The van der Waals surface area contributed by atoms with Crippen LogP contribution in [0.1, 0.15) is 27.4 Å². The van der Waals surface area contributed by atoms with E-state index in [1.54, 1.807) is 19.4 Å². The van der Waals surface area contributed by atoms with Crippen LogP contribution in [0.15, 0.2) is 47.4 Å². The Morgan fingerprint density at radius 1 is 1.14 bits per heavy atom. The van der Waals surface area contributed by atoms with Gasteiger partial charge in [0.25, 0.3) is 5.91 Å². The number of nitrogens with zero attached hydrogens (tertiary/aromatic N) is 2. The quantitative estimate of drug-likeness (QED) is 0.802. The maximum Gasteiger partial charge on any atom is 0.259 e. The van der Waals surface area contributed by atoms with E-state index in [1.807, 2.05) is 48.9 Å². The zero-order valence-corrected chi connectivity index (χ0v) is 12.8. The maximum absolute atomic E-state index is 12.4. The Balaban J connectivity index is 1.80. The zero-order valence-electron chi connectivity index (χ0n) is 12.8. The van der Waals surface area contributed by atoms with Crippen LogP contribution >= 0.6 is 0 Å². The second kappa shape index (κ2) is 5.52. The molecule has 0 spiro atoms. The zero-order chi connectivity index (χ0) is 15.7. The van der Waals surface area contributed by atoms with E-state index < -0.39 is 0 Å². The van der Waals surface area contributed by atoms with Gasteiger partial charge in [0, 0.05) is 29.3 Å². The molecule has 0 unspecified atom stereocenters. The Kier molecular flexibility index (Phi) is 3.55. The van der Waals surface area contributed by atoms with Crippen LogP contribution in [0.25, 0.3) is 5.69 Å². The van der Waals surface area contributed by atoms with Gasteiger partial charge in [0.2, 0.25) is 0 Å². The Labute approximate surface area is 128 Å². The van der Waals surface area contributed by atoms with E-state index in [2.05, 4.69) is 10.3 Å². The van der Waals surface area contributed by atoms with Gasteiger partial charge in [-0.1, -0.05) is 0 Å². The molecule has 0 saturated heterocycles. The highest BCUT2D eigenvalue weighted by atomic mass is 16.3. The maximum atomic E-state index is 12.4. The number of amides is 1. The van der Waals surface area contributed by atoms with Crippen molar-refractivity contribution in [2.75, 3.05) is 5.32 Å². The first-order valence-electron chi connectivity index (χ1n) is 7.02. The molecule has 0 aliphatic carbocycles. The van der Waals surface area contributed by atoms with Gasteiger partial charge in [0.1, 0.15) is 11.5 Å². The van der Waals surface area contributed by atoms with Crippen LogP contribution in [0.2, 0.25) is 0 Å². The van der Waals surface area contributed by atoms with Crippen LogP contribution in [0.3, 0.4) is 0 Å². The van der Waals surface area contributed by atoms with Gasteiger partial charge in [-0.25, -0.2) is 4.98 Å². The number of benzene rings is 1. The third kappa shape index (κ3) is 2.53. The molecule has 22 heavy (non-hydrogen) atoms. The minimum Gasteiger partial charge on any atom is -0.466 e. The number of carbonyl (C=O) groups is 1. The molecule has 112 valence electrons. The fraction of sp³-hybridized carbons (Fsp3) is 0.176. The Morgan fingerprint density at radius 3 is 2.41 bits per heavy atom. The molecule has 2 heterocycles. The van der Waals surface area contributed by atoms with E-state index in [1.165, 1.54) is 0 Å². The van der Waals surface area contributed by atoms with Crippen LogP contribution in [-0.4, -0.2) is 15.5 Å². The molecule has 0 bridgehead atoms. The van der Waals surface area contributed by atoms with Gasteiger partial charge in [-0.2, -0.15) is 0 Å². The third-order valence-corrected chi connectivity index (χ3v) is 3.72. The minimum absolute atomic E-state index is 0.151. The smallest absolute Gasteiger partial charge is 0.259 e. The van der Waals surface area contributed by atoms with Gasteiger partial charge >= 0.3 is 0 Å². The molecule has 3 rings (SSSR count). The molecule has 5 heteroatoms. The largest absolute Gasteiger partial charge is 0.466 e. The number of carbonyl (C=O) groups excluding carboxylic acids is 1. The summed E-state index contributed by atoms with van der Waals surface area (Å²) in [6.07, 6.45) is 5.32. The van der Waals surface area contributed by atoms with Crippen molar-refractivity contribution in [3.8, 4) is 5.69 Å². The van der Waals surface area contributed by atoms with Gasteiger partial charge < -0.3 is 14.3 Å². The van der Waals surface area contributed by atoms with E-state index in [0.717, 1.165) is 22.7 Å². The van der Waals surface area contributed by atoms with Gasteiger partial charge in [-0.3, -0.25) is 4.79 Å². The lowest BCUT2D eigenvalue weighted by Gasteiger charge is -2.07. The fourth-order valence-corrected chi connectivity index (χ4v) is 2.45. The van der Waals surface area contributed by atoms with Crippen molar-refractivity contribution < 1.29 is 9.21 Å². The molecule has 2 aromatic heterocycles. The second-order valence-electron chi connectivity index (χ2n) is 5.19.